The minimum absolute atomic E-state index is 0.0138. The molecule has 0 aliphatic carbocycles. The fraction of sp³-hybridized carbons (Fsp3) is 0.200. The number of rotatable bonds is 3. The van der Waals surface area contributed by atoms with Crippen LogP contribution in [0.2, 0.25) is 0 Å². The van der Waals surface area contributed by atoms with Gasteiger partial charge in [-0.15, -0.1) is 0 Å². The maximum Gasteiger partial charge on any atom is 0.145 e. The summed E-state index contributed by atoms with van der Waals surface area (Å²) < 4.78 is 13.0. The minimum Gasteiger partial charge on any atom is -0.505 e. The summed E-state index contributed by atoms with van der Waals surface area (Å²) in [7, 11) is 0. The van der Waals surface area contributed by atoms with Crippen LogP contribution in [0.25, 0.3) is 0 Å². The minimum atomic E-state index is -0.319. The van der Waals surface area contributed by atoms with Gasteiger partial charge >= 0.3 is 0 Å². The van der Waals surface area contributed by atoms with Crippen molar-refractivity contribution in [1.29, 1.82) is 0 Å². The number of aliphatic hydroxyl groups is 1. The molecule has 0 aliphatic heterocycles. The predicted molar refractivity (Wildman–Crippen MR) is 75.0 cm³/mol. The van der Waals surface area contributed by atoms with Crippen LogP contribution in [-0.2, 0) is 6.61 Å². The van der Waals surface area contributed by atoms with Crippen molar-refractivity contribution in [3.8, 4) is 5.75 Å². The van der Waals surface area contributed by atoms with Crippen molar-refractivity contribution in [2.75, 3.05) is 0 Å². The van der Waals surface area contributed by atoms with Gasteiger partial charge < -0.3 is 10.2 Å². The molecule has 0 amide bonds. The Hall–Kier alpha value is -2.27. The molecule has 1 aromatic carbocycles. The van der Waals surface area contributed by atoms with E-state index in [9.17, 15) is 14.6 Å². The van der Waals surface area contributed by atoms with E-state index >= 15 is 0 Å². The molecular weight excluding hydrogens is 259 g/mol. The molecule has 20 heavy (non-hydrogen) atoms. The number of aliphatic hydroxyl groups excluding tert-OH is 1. The standard InChI is InChI=1S/C15H15FN2O2/c1-9-5-12(16)3-4-14(9)18-7-13-11(8-19)6-17-10(2)15(13)20/h3-7,19-20H,8H2,1-2H3. The fourth-order valence-corrected chi connectivity index (χ4v) is 1.82. The van der Waals surface area contributed by atoms with E-state index in [0.29, 0.717) is 28.1 Å². The third-order valence-electron chi connectivity index (χ3n) is 3.02. The molecule has 0 spiro atoms. The highest BCUT2D eigenvalue weighted by molar-refractivity contribution is 5.87. The van der Waals surface area contributed by atoms with Crippen molar-refractivity contribution in [3.63, 3.8) is 0 Å². The number of halogens is 1. The van der Waals surface area contributed by atoms with Gasteiger partial charge in [-0.05, 0) is 37.6 Å². The molecule has 0 saturated heterocycles. The number of aromatic hydroxyl groups is 1. The van der Waals surface area contributed by atoms with E-state index in [-0.39, 0.29) is 18.2 Å². The Morgan fingerprint density at radius 1 is 1.35 bits per heavy atom. The SMILES string of the molecule is Cc1cc(F)ccc1N=Cc1c(CO)cnc(C)c1O. The molecule has 2 N–H and O–H groups in total. The predicted octanol–water partition coefficient (Wildman–Crippen LogP) is 2.79. The first-order valence-corrected chi connectivity index (χ1v) is 6.11. The highest BCUT2D eigenvalue weighted by Crippen LogP contribution is 2.24. The number of pyridine rings is 1. The highest BCUT2D eigenvalue weighted by Gasteiger charge is 2.09. The smallest absolute Gasteiger partial charge is 0.145 e. The van der Waals surface area contributed by atoms with Crippen molar-refractivity contribution in [2.45, 2.75) is 20.5 Å². The molecule has 2 rings (SSSR count). The van der Waals surface area contributed by atoms with Gasteiger partial charge in [0.1, 0.15) is 11.6 Å². The lowest BCUT2D eigenvalue weighted by molar-refractivity contribution is 0.280. The summed E-state index contributed by atoms with van der Waals surface area (Å²) in [6, 6.07) is 4.27. The first-order chi connectivity index (χ1) is 9.52. The first-order valence-electron chi connectivity index (χ1n) is 6.11. The Kier molecular flexibility index (Phi) is 4.10. The van der Waals surface area contributed by atoms with Gasteiger partial charge in [0, 0.05) is 23.5 Å². The van der Waals surface area contributed by atoms with Crippen LogP contribution in [0.1, 0.15) is 22.4 Å². The lowest BCUT2D eigenvalue weighted by Gasteiger charge is -2.07. The molecular formula is C15H15FN2O2. The zero-order valence-corrected chi connectivity index (χ0v) is 11.3. The summed E-state index contributed by atoms with van der Waals surface area (Å²) in [5, 5.41) is 19.2. The average molecular weight is 274 g/mol. The lowest BCUT2D eigenvalue weighted by Crippen LogP contribution is -1.97. The van der Waals surface area contributed by atoms with Crippen LogP contribution in [0.3, 0.4) is 0 Å². The number of benzene rings is 1. The molecule has 0 aliphatic rings. The van der Waals surface area contributed by atoms with Gasteiger partial charge in [0.05, 0.1) is 18.0 Å². The number of aliphatic imine (C=N–C) groups is 1. The average Bonchev–Trinajstić information content (AvgIpc) is 2.42. The molecule has 2 aromatic rings. The van der Waals surface area contributed by atoms with Crippen molar-refractivity contribution >= 4 is 11.9 Å². The summed E-state index contributed by atoms with van der Waals surface area (Å²) in [4.78, 5) is 8.21. The zero-order valence-electron chi connectivity index (χ0n) is 11.3. The van der Waals surface area contributed by atoms with Gasteiger partial charge in [0.25, 0.3) is 0 Å². The van der Waals surface area contributed by atoms with E-state index in [2.05, 4.69) is 9.98 Å². The maximum atomic E-state index is 13.0. The second kappa shape index (κ2) is 5.79. The second-order valence-electron chi connectivity index (χ2n) is 4.48. The van der Waals surface area contributed by atoms with Crippen molar-refractivity contribution in [1.82, 2.24) is 4.98 Å². The quantitative estimate of drug-likeness (QED) is 0.846. The van der Waals surface area contributed by atoms with Crippen molar-refractivity contribution < 1.29 is 14.6 Å². The van der Waals surface area contributed by atoms with Crippen LogP contribution in [0.4, 0.5) is 10.1 Å². The largest absolute Gasteiger partial charge is 0.505 e. The van der Waals surface area contributed by atoms with E-state index in [1.54, 1.807) is 19.9 Å². The highest BCUT2D eigenvalue weighted by atomic mass is 19.1. The summed E-state index contributed by atoms with van der Waals surface area (Å²) in [5.74, 6) is -0.333. The third kappa shape index (κ3) is 2.83. The van der Waals surface area contributed by atoms with Gasteiger partial charge in [0.2, 0.25) is 0 Å². The van der Waals surface area contributed by atoms with Gasteiger partial charge in [-0.3, -0.25) is 9.98 Å². The number of aromatic nitrogens is 1. The molecule has 0 fully saturated rings. The molecule has 1 heterocycles. The first kappa shape index (κ1) is 14.1. The van der Waals surface area contributed by atoms with Crippen molar-refractivity contribution in [2.24, 2.45) is 4.99 Å². The molecule has 0 bridgehead atoms. The Balaban J connectivity index is 2.43. The van der Waals surface area contributed by atoms with Crippen LogP contribution < -0.4 is 0 Å². The van der Waals surface area contributed by atoms with Crippen LogP contribution in [-0.4, -0.2) is 21.4 Å². The molecule has 0 radical (unpaired) electrons. The number of hydrogen-bond acceptors (Lipinski definition) is 4. The molecule has 1 aromatic heterocycles. The van der Waals surface area contributed by atoms with Gasteiger partial charge in [-0.25, -0.2) is 4.39 Å². The number of aryl methyl sites for hydroxylation is 2. The summed E-state index contributed by atoms with van der Waals surface area (Å²) in [5.41, 5.74) is 2.65. The number of nitrogens with zero attached hydrogens (tertiary/aromatic N) is 2. The molecule has 0 unspecified atom stereocenters. The molecule has 0 atom stereocenters. The molecule has 4 nitrogen and oxygen atoms in total. The zero-order chi connectivity index (χ0) is 14.7. The lowest BCUT2D eigenvalue weighted by atomic mass is 10.1. The van der Waals surface area contributed by atoms with Crippen LogP contribution in [0.15, 0.2) is 29.4 Å². The summed E-state index contributed by atoms with van der Waals surface area (Å²) in [6.07, 6.45) is 2.95. The number of hydrogen-bond donors (Lipinski definition) is 2. The van der Waals surface area contributed by atoms with E-state index < -0.39 is 0 Å². The van der Waals surface area contributed by atoms with Gasteiger partial charge in [0.15, 0.2) is 0 Å². The van der Waals surface area contributed by atoms with E-state index in [4.69, 9.17) is 0 Å². The van der Waals surface area contributed by atoms with E-state index in [1.807, 2.05) is 0 Å². The summed E-state index contributed by atoms with van der Waals surface area (Å²) >= 11 is 0. The topological polar surface area (TPSA) is 65.7 Å². The molecule has 5 heteroatoms. The monoisotopic (exact) mass is 274 g/mol. The Bertz CT molecular complexity index is 669. The van der Waals surface area contributed by atoms with Gasteiger partial charge in [-0.1, -0.05) is 0 Å². The Morgan fingerprint density at radius 2 is 2.10 bits per heavy atom. The molecule has 0 saturated carbocycles. The maximum absolute atomic E-state index is 13.0. The second-order valence-corrected chi connectivity index (χ2v) is 4.48. The van der Waals surface area contributed by atoms with Crippen LogP contribution >= 0.6 is 0 Å². The van der Waals surface area contributed by atoms with Crippen LogP contribution in [0, 0.1) is 19.7 Å². The Labute approximate surface area is 116 Å². The van der Waals surface area contributed by atoms with Crippen molar-refractivity contribution in [3.05, 3.63) is 52.6 Å². The summed E-state index contributed by atoms with van der Waals surface area (Å²) in [6.45, 7) is 3.17. The Morgan fingerprint density at radius 3 is 2.75 bits per heavy atom. The third-order valence-corrected chi connectivity index (χ3v) is 3.02. The normalized spacial score (nSPS) is 11.2. The van der Waals surface area contributed by atoms with Crippen LogP contribution in [0.5, 0.6) is 5.75 Å². The van der Waals surface area contributed by atoms with E-state index in [0.717, 1.165) is 0 Å². The van der Waals surface area contributed by atoms with E-state index in [1.165, 1.54) is 24.5 Å². The molecule has 104 valence electrons. The fourth-order valence-electron chi connectivity index (χ4n) is 1.82. The van der Waals surface area contributed by atoms with Gasteiger partial charge in [-0.2, -0.15) is 0 Å².